The number of aliphatic hydroxyl groups is 1. The minimum atomic E-state index is -4.50. The molecule has 0 bridgehead atoms. The van der Waals surface area contributed by atoms with Crippen molar-refractivity contribution in [3.8, 4) is 0 Å². The molecule has 0 radical (unpaired) electrons. The Morgan fingerprint density at radius 2 is 2.00 bits per heavy atom. The molecule has 0 atom stereocenters. The number of aliphatic hydroxyl groups excluding tert-OH is 1. The highest BCUT2D eigenvalue weighted by atomic mass is 32.2. The molecule has 1 aromatic heterocycles. The van der Waals surface area contributed by atoms with Crippen LogP contribution in [-0.2, 0) is 12.8 Å². The molecule has 1 heterocycles. The van der Waals surface area contributed by atoms with E-state index in [2.05, 4.69) is 9.97 Å². The number of halogens is 3. The minimum Gasteiger partial charge on any atom is -0.392 e. The topological polar surface area (TPSA) is 46.0 Å². The average molecular weight is 300 g/mol. The lowest BCUT2D eigenvalue weighted by Crippen LogP contribution is -2.09. The predicted octanol–water partition coefficient (Wildman–Crippen LogP) is 3.45. The molecule has 2 rings (SSSR count). The predicted molar refractivity (Wildman–Crippen MR) is 68.3 cm³/mol. The SMILES string of the molecule is Cc1ccnc(Sc2ccc(CO)c(C(F)(F)F)c2)n1. The number of aromatic nitrogens is 2. The van der Waals surface area contributed by atoms with E-state index in [1.807, 2.05) is 0 Å². The number of benzene rings is 1. The highest BCUT2D eigenvalue weighted by molar-refractivity contribution is 7.99. The first kappa shape index (κ1) is 14.8. The minimum absolute atomic E-state index is 0.146. The van der Waals surface area contributed by atoms with Gasteiger partial charge >= 0.3 is 6.18 Å². The molecule has 0 fully saturated rings. The molecule has 106 valence electrons. The fourth-order valence-corrected chi connectivity index (χ4v) is 2.43. The van der Waals surface area contributed by atoms with Gasteiger partial charge in [-0.05, 0) is 42.4 Å². The van der Waals surface area contributed by atoms with Crippen molar-refractivity contribution in [1.82, 2.24) is 9.97 Å². The third kappa shape index (κ3) is 3.49. The van der Waals surface area contributed by atoms with Crippen LogP contribution in [0, 0.1) is 6.92 Å². The first-order valence-corrected chi connectivity index (χ1v) is 6.50. The second-order valence-corrected chi connectivity index (χ2v) is 5.10. The number of rotatable bonds is 3. The van der Waals surface area contributed by atoms with Crippen LogP contribution in [0.5, 0.6) is 0 Å². The summed E-state index contributed by atoms with van der Waals surface area (Å²) in [5.41, 5.74) is -0.241. The molecule has 0 aliphatic carbocycles. The average Bonchev–Trinajstić information content (AvgIpc) is 2.37. The van der Waals surface area contributed by atoms with Gasteiger partial charge in [0.25, 0.3) is 0 Å². The van der Waals surface area contributed by atoms with E-state index in [-0.39, 0.29) is 5.56 Å². The first-order chi connectivity index (χ1) is 9.40. The highest BCUT2D eigenvalue weighted by Gasteiger charge is 2.33. The van der Waals surface area contributed by atoms with Crippen LogP contribution in [0.1, 0.15) is 16.8 Å². The molecule has 0 saturated carbocycles. The van der Waals surface area contributed by atoms with Crippen LogP contribution in [0.4, 0.5) is 13.2 Å². The third-order valence-corrected chi connectivity index (χ3v) is 3.41. The maximum Gasteiger partial charge on any atom is 0.416 e. The molecule has 2 aromatic rings. The normalized spacial score (nSPS) is 11.7. The second-order valence-electron chi connectivity index (χ2n) is 4.06. The number of aryl methyl sites for hydroxylation is 1. The van der Waals surface area contributed by atoms with Crippen molar-refractivity contribution in [3.05, 3.63) is 47.3 Å². The molecule has 0 spiro atoms. The van der Waals surface area contributed by atoms with Gasteiger partial charge in [-0.2, -0.15) is 13.2 Å². The molecule has 7 heteroatoms. The fraction of sp³-hybridized carbons (Fsp3) is 0.231. The highest BCUT2D eigenvalue weighted by Crippen LogP contribution is 2.36. The Morgan fingerprint density at radius 1 is 1.25 bits per heavy atom. The molecule has 3 nitrogen and oxygen atoms in total. The zero-order valence-electron chi connectivity index (χ0n) is 10.5. The largest absolute Gasteiger partial charge is 0.416 e. The Kier molecular flexibility index (Phi) is 4.29. The van der Waals surface area contributed by atoms with Crippen molar-refractivity contribution in [1.29, 1.82) is 0 Å². The van der Waals surface area contributed by atoms with E-state index in [0.29, 0.717) is 10.1 Å². The van der Waals surface area contributed by atoms with Gasteiger partial charge in [0.15, 0.2) is 5.16 Å². The molecular formula is C13H11F3N2OS. The standard InChI is InChI=1S/C13H11F3N2OS/c1-8-4-5-17-12(18-8)20-10-3-2-9(7-19)11(6-10)13(14,15)16/h2-6,19H,7H2,1H3. The Labute approximate surface area is 117 Å². The van der Waals surface area contributed by atoms with Crippen molar-refractivity contribution in [2.24, 2.45) is 0 Å². The number of hydrogen-bond acceptors (Lipinski definition) is 4. The summed E-state index contributed by atoms with van der Waals surface area (Å²) in [6.45, 7) is 1.13. The maximum atomic E-state index is 12.9. The maximum absolute atomic E-state index is 12.9. The van der Waals surface area contributed by atoms with Crippen molar-refractivity contribution in [2.75, 3.05) is 0 Å². The molecule has 1 aromatic carbocycles. The van der Waals surface area contributed by atoms with Crippen LogP contribution < -0.4 is 0 Å². The molecule has 0 aliphatic rings. The van der Waals surface area contributed by atoms with Gasteiger partial charge in [0.2, 0.25) is 0 Å². The van der Waals surface area contributed by atoms with Crippen LogP contribution in [0.25, 0.3) is 0 Å². The van der Waals surface area contributed by atoms with E-state index >= 15 is 0 Å². The number of alkyl halides is 3. The van der Waals surface area contributed by atoms with Gasteiger partial charge in [0.1, 0.15) is 0 Å². The molecular weight excluding hydrogens is 289 g/mol. The fourth-order valence-electron chi connectivity index (χ4n) is 1.60. The van der Waals surface area contributed by atoms with Gasteiger partial charge in [-0.3, -0.25) is 0 Å². The molecule has 0 saturated heterocycles. The smallest absolute Gasteiger partial charge is 0.392 e. The lowest BCUT2D eigenvalue weighted by Gasteiger charge is -2.12. The summed E-state index contributed by atoms with van der Waals surface area (Å²) >= 11 is 1.05. The van der Waals surface area contributed by atoms with E-state index in [1.165, 1.54) is 12.1 Å². The van der Waals surface area contributed by atoms with Crippen molar-refractivity contribution < 1.29 is 18.3 Å². The summed E-state index contributed by atoms with van der Waals surface area (Å²) in [6, 6.07) is 5.49. The van der Waals surface area contributed by atoms with Gasteiger partial charge in [-0.15, -0.1) is 0 Å². The number of hydrogen-bond donors (Lipinski definition) is 1. The zero-order chi connectivity index (χ0) is 14.8. The quantitative estimate of drug-likeness (QED) is 0.882. The molecule has 0 aliphatic heterocycles. The Morgan fingerprint density at radius 3 is 2.60 bits per heavy atom. The Balaban J connectivity index is 2.34. The second kappa shape index (κ2) is 5.80. The first-order valence-electron chi connectivity index (χ1n) is 5.68. The Bertz CT molecular complexity index is 617. The summed E-state index contributed by atoms with van der Waals surface area (Å²) in [5, 5.41) is 9.35. The summed E-state index contributed by atoms with van der Waals surface area (Å²) in [6.07, 6.45) is -2.94. The van der Waals surface area contributed by atoms with Crippen LogP contribution in [0.2, 0.25) is 0 Å². The summed E-state index contributed by atoms with van der Waals surface area (Å²) in [5.74, 6) is 0. The molecule has 1 N–H and O–H groups in total. The van der Waals surface area contributed by atoms with Gasteiger partial charge in [-0.1, -0.05) is 6.07 Å². The Hall–Kier alpha value is -1.60. The number of nitrogens with zero attached hydrogens (tertiary/aromatic N) is 2. The summed E-state index contributed by atoms with van der Waals surface area (Å²) in [4.78, 5) is 8.49. The van der Waals surface area contributed by atoms with Crippen LogP contribution in [-0.4, -0.2) is 15.1 Å². The van der Waals surface area contributed by atoms with Gasteiger partial charge < -0.3 is 5.11 Å². The van der Waals surface area contributed by atoms with E-state index < -0.39 is 18.3 Å². The van der Waals surface area contributed by atoms with Crippen LogP contribution >= 0.6 is 11.8 Å². The summed E-state index contributed by atoms with van der Waals surface area (Å²) < 4.78 is 38.6. The lowest BCUT2D eigenvalue weighted by molar-refractivity contribution is -0.138. The molecule has 0 unspecified atom stereocenters. The third-order valence-electron chi connectivity index (χ3n) is 2.54. The summed E-state index contributed by atoms with van der Waals surface area (Å²) in [7, 11) is 0. The monoisotopic (exact) mass is 300 g/mol. The van der Waals surface area contributed by atoms with Gasteiger partial charge in [0.05, 0.1) is 12.2 Å². The molecule has 0 amide bonds. The van der Waals surface area contributed by atoms with Crippen molar-refractivity contribution >= 4 is 11.8 Å². The van der Waals surface area contributed by atoms with E-state index in [1.54, 1.807) is 19.2 Å². The van der Waals surface area contributed by atoms with Crippen LogP contribution in [0.3, 0.4) is 0 Å². The van der Waals surface area contributed by atoms with E-state index in [4.69, 9.17) is 5.11 Å². The molecule has 20 heavy (non-hydrogen) atoms. The van der Waals surface area contributed by atoms with Crippen molar-refractivity contribution in [3.63, 3.8) is 0 Å². The van der Waals surface area contributed by atoms with E-state index in [9.17, 15) is 13.2 Å². The van der Waals surface area contributed by atoms with E-state index in [0.717, 1.165) is 23.5 Å². The lowest BCUT2D eigenvalue weighted by atomic mass is 10.1. The van der Waals surface area contributed by atoms with Gasteiger partial charge in [-0.25, -0.2) is 9.97 Å². The van der Waals surface area contributed by atoms with Crippen molar-refractivity contribution in [2.45, 2.75) is 29.8 Å². The van der Waals surface area contributed by atoms with Gasteiger partial charge in [0, 0.05) is 16.8 Å². The zero-order valence-corrected chi connectivity index (χ0v) is 11.3. The van der Waals surface area contributed by atoms with Crippen LogP contribution in [0.15, 0.2) is 40.5 Å².